The van der Waals surface area contributed by atoms with Gasteiger partial charge in [-0.05, 0) is 42.8 Å². The van der Waals surface area contributed by atoms with E-state index in [1.807, 2.05) is 31.2 Å². The third kappa shape index (κ3) is 6.25. The molecule has 1 aliphatic heterocycles. The van der Waals surface area contributed by atoms with Gasteiger partial charge in [-0.25, -0.2) is 9.97 Å². The molecule has 8 nitrogen and oxygen atoms in total. The quantitative estimate of drug-likeness (QED) is 0.357. The van der Waals surface area contributed by atoms with Crippen molar-refractivity contribution in [2.45, 2.75) is 48.3 Å². The van der Waals surface area contributed by atoms with E-state index in [1.54, 1.807) is 24.3 Å². The second kappa shape index (κ2) is 11.4. The van der Waals surface area contributed by atoms with Crippen LogP contribution in [-0.2, 0) is 16.1 Å². The first-order valence-corrected chi connectivity index (χ1v) is 12.4. The second-order valence-electron chi connectivity index (χ2n) is 8.12. The Balaban J connectivity index is 1.51. The number of aliphatic hydroxyl groups is 3. The van der Waals surface area contributed by atoms with Crippen LogP contribution in [0.4, 0.5) is 5.95 Å². The third-order valence-corrected chi connectivity index (χ3v) is 7.39. The Hall–Kier alpha value is -1.95. The summed E-state index contributed by atoms with van der Waals surface area (Å²) in [5.41, 5.74) is 7.85. The zero-order chi connectivity index (χ0) is 25.1. The van der Waals surface area contributed by atoms with E-state index in [-0.39, 0.29) is 12.6 Å². The largest absolute Gasteiger partial charge is 0.394 e. The van der Waals surface area contributed by atoms with Gasteiger partial charge in [-0.1, -0.05) is 53.2 Å². The van der Waals surface area contributed by atoms with Crippen molar-refractivity contribution in [1.29, 1.82) is 0 Å². The van der Waals surface area contributed by atoms with Gasteiger partial charge in [0.1, 0.15) is 29.9 Å². The van der Waals surface area contributed by atoms with Crippen molar-refractivity contribution < 1.29 is 24.8 Å². The molecule has 2 aromatic carbocycles. The van der Waals surface area contributed by atoms with Crippen molar-refractivity contribution in [2.75, 3.05) is 12.3 Å². The molecule has 0 radical (unpaired) electrons. The monoisotopic (exact) mass is 537 g/mol. The van der Waals surface area contributed by atoms with Crippen LogP contribution in [0.2, 0.25) is 10.0 Å². The maximum Gasteiger partial charge on any atom is 0.220 e. The number of nitrogens with zero attached hydrogens (tertiary/aromatic N) is 2. The van der Waals surface area contributed by atoms with Crippen LogP contribution in [0.25, 0.3) is 11.3 Å². The molecule has 2 unspecified atom stereocenters. The molecule has 0 saturated carbocycles. The lowest BCUT2D eigenvalue weighted by atomic mass is 10.00. The van der Waals surface area contributed by atoms with Gasteiger partial charge in [-0.2, -0.15) is 0 Å². The minimum absolute atomic E-state index is 0.0574. The van der Waals surface area contributed by atoms with Gasteiger partial charge in [-0.15, -0.1) is 0 Å². The zero-order valence-electron chi connectivity index (χ0n) is 18.7. The van der Waals surface area contributed by atoms with Gasteiger partial charge < -0.3 is 30.5 Å². The number of benzene rings is 2. The molecule has 35 heavy (non-hydrogen) atoms. The second-order valence-corrected chi connectivity index (χ2v) is 10.1. The molecule has 5 N–H and O–H groups in total. The summed E-state index contributed by atoms with van der Waals surface area (Å²) in [6.07, 6.45) is -4.45. The van der Waals surface area contributed by atoms with E-state index in [0.29, 0.717) is 21.4 Å². The van der Waals surface area contributed by atoms with Crippen molar-refractivity contribution in [3.63, 3.8) is 0 Å². The lowest BCUT2D eigenvalue weighted by Crippen LogP contribution is -2.58. The number of rotatable bonds is 7. The lowest BCUT2D eigenvalue weighted by molar-refractivity contribution is -0.223. The van der Waals surface area contributed by atoms with Crippen LogP contribution in [0.15, 0.2) is 53.4 Å². The van der Waals surface area contributed by atoms with E-state index in [1.165, 1.54) is 11.8 Å². The number of aromatic nitrogens is 2. The molecule has 2 heterocycles. The molecule has 1 saturated heterocycles. The summed E-state index contributed by atoms with van der Waals surface area (Å²) in [4.78, 5) is 9.24. The number of thioether (sulfide) groups is 1. The van der Waals surface area contributed by atoms with Crippen LogP contribution in [-0.4, -0.2) is 61.7 Å². The molecule has 1 aliphatic rings. The van der Waals surface area contributed by atoms with E-state index >= 15 is 0 Å². The Bertz CT molecular complexity index is 1170. The third-order valence-electron chi connectivity index (χ3n) is 5.58. The van der Waals surface area contributed by atoms with E-state index in [0.717, 1.165) is 16.0 Å². The Labute approximate surface area is 217 Å². The Morgan fingerprint density at radius 2 is 1.80 bits per heavy atom. The molecule has 3 aromatic rings. The summed E-state index contributed by atoms with van der Waals surface area (Å²) < 4.78 is 11.7. The number of hydrogen-bond donors (Lipinski definition) is 4. The highest BCUT2D eigenvalue weighted by atomic mass is 35.5. The average Bonchev–Trinajstić information content (AvgIpc) is 2.83. The van der Waals surface area contributed by atoms with Gasteiger partial charge in [0.15, 0.2) is 0 Å². The predicted octanol–water partition coefficient (Wildman–Crippen LogP) is 3.46. The average molecular weight is 538 g/mol. The van der Waals surface area contributed by atoms with Crippen LogP contribution in [0, 0.1) is 6.92 Å². The molecule has 0 amide bonds. The first-order valence-electron chi connectivity index (χ1n) is 10.8. The highest BCUT2D eigenvalue weighted by Gasteiger charge is 2.45. The number of aryl methyl sites for hydroxylation is 1. The fourth-order valence-electron chi connectivity index (χ4n) is 3.67. The molecule has 1 aromatic heterocycles. The van der Waals surface area contributed by atoms with Gasteiger partial charge in [0.25, 0.3) is 0 Å². The molecule has 1 fully saturated rings. The van der Waals surface area contributed by atoms with Crippen molar-refractivity contribution >= 4 is 40.9 Å². The molecule has 0 bridgehead atoms. The highest BCUT2D eigenvalue weighted by molar-refractivity contribution is 7.99. The number of hydrogen-bond acceptors (Lipinski definition) is 9. The molecular weight excluding hydrogens is 513 g/mol. The summed E-state index contributed by atoms with van der Waals surface area (Å²) in [6, 6.07) is 14.3. The standard InChI is InChI=1S/C24H25Cl2N3O5S/c1-12-2-7-16(9-17(12)26)35-23-21(32)22(20(31)19(10-30)34-23)33-11-15-8-18(29-24(27)28-15)13-3-5-14(25)6-4-13/h2-9,19-23,30-32H,10-11H2,1H3,(H2,27,28,29)/t19?,20-,21-,22?,23+/m0/s1. The van der Waals surface area contributed by atoms with Crippen molar-refractivity contribution in [2.24, 2.45) is 0 Å². The van der Waals surface area contributed by atoms with Gasteiger partial charge in [-0.3, -0.25) is 0 Å². The van der Waals surface area contributed by atoms with Gasteiger partial charge in [0, 0.05) is 20.5 Å². The topological polar surface area (TPSA) is 131 Å². The summed E-state index contributed by atoms with van der Waals surface area (Å²) in [6.45, 7) is 1.39. The summed E-state index contributed by atoms with van der Waals surface area (Å²) in [7, 11) is 0. The number of nitrogens with two attached hydrogens (primary N) is 1. The fraction of sp³-hybridized carbons (Fsp3) is 0.333. The van der Waals surface area contributed by atoms with Gasteiger partial charge in [0.2, 0.25) is 5.95 Å². The van der Waals surface area contributed by atoms with Crippen molar-refractivity contribution in [1.82, 2.24) is 9.97 Å². The first kappa shape index (κ1) is 26.1. The number of anilines is 1. The molecule has 4 rings (SSSR count). The summed E-state index contributed by atoms with van der Waals surface area (Å²) >= 11 is 13.4. The highest BCUT2D eigenvalue weighted by Crippen LogP contribution is 2.36. The van der Waals surface area contributed by atoms with Crippen molar-refractivity contribution in [3.05, 3.63) is 69.8 Å². The lowest BCUT2D eigenvalue weighted by Gasteiger charge is -2.41. The van der Waals surface area contributed by atoms with Crippen LogP contribution >= 0.6 is 35.0 Å². The van der Waals surface area contributed by atoms with Gasteiger partial charge in [0.05, 0.1) is 24.6 Å². The van der Waals surface area contributed by atoms with E-state index in [2.05, 4.69) is 9.97 Å². The fourth-order valence-corrected chi connectivity index (χ4v) is 5.13. The Morgan fingerprint density at radius 1 is 1.06 bits per heavy atom. The molecule has 5 atom stereocenters. The molecule has 186 valence electrons. The van der Waals surface area contributed by atoms with Crippen LogP contribution in [0.1, 0.15) is 11.3 Å². The smallest absolute Gasteiger partial charge is 0.220 e. The number of halogens is 2. The Morgan fingerprint density at radius 3 is 2.49 bits per heavy atom. The molecule has 0 aliphatic carbocycles. The van der Waals surface area contributed by atoms with Crippen LogP contribution < -0.4 is 5.73 Å². The Kier molecular flexibility index (Phi) is 8.51. The number of aliphatic hydroxyl groups excluding tert-OH is 3. The first-order chi connectivity index (χ1) is 16.7. The van der Waals surface area contributed by atoms with E-state index in [9.17, 15) is 15.3 Å². The molecule has 0 spiro atoms. The van der Waals surface area contributed by atoms with Crippen LogP contribution in [0.5, 0.6) is 0 Å². The van der Waals surface area contributed by atoms with Gasteiger partial charge >= 0.3 is 0 Å². The number of ether oxygens (including phenoxy) is 2. The summed E-state index contributed by atoms with van der Waals surface area (Å²) in [5, 5.41) is 32.6. The predicted molar refractivity (Wildman–Crippen MR) is 135 cm³/mol. The maximum atomic E-state index is 11.0. The molecular formula is C24H25Cl2N3O5S. The minimum Gasteiger partial charge on any atom is -0.394 e. The van der Waals surface area contributed by atoms with Crippen molar-refractivity contribution in [3.8, 4) is 11.3 Å². The molecule has 11 heteroatoms. The van der Waals surface area contributed by atoms with E-state index < -0.39 is 36.5 Å². The summed E-state index contributed by atoms with van der Waals surface area (Å²) in [5.74, 6) is 0.0574. The normalized spacial score (nSPS) is 24.5. The minimum atomic E-state index is -1.26. The van der Waals surface area contributed by atoms with E-state index in [4.69, 9.17) is 38.4 Å². The number of nitrogen functional groups attached to an aromatic ring is 1. The zero-order valence-corrected chi connectivity index (χ0v) is 21.0. The maximum absolute atomic E-state index is 11.0. The SMILES string of the molecule is Cc1ccc(S[C@H]2OC(CO)[C@H](O)C(OCc3cc(-c4ccc(Cl)cc4)nc(N)n3)[C@@H]2O)cc1Cl. The van der Waals surface area contributed by atoms with Crippen LogP contribution in [0.3, 0.4) is 0 Å².